The summed E-state index contributed by atoms with van der Waals surface area (Å²) < 4.78 is 13.7. The molecular weight excluding hydrogens is 306 g/mol. The second-order valence-electron chi connectivity index (χ2n) is 7.48. The summed E-state index contributed by atoms with van der Waals surface area (Å²) in [6, 6.07) is 0. The minimum atomic E-state index is -0.0126. The molecule has 1 saturated heterocycles. The predicted molar refractivity (Wildman–Crippen MR) is 89.7 cm³/mol. The minimum Gasteiger partial charge on any atom is -0.444 e. The largest absolute Gasteiger partial charge is 0.444 e. The van der Waals surface area contributed by atoms with E-state index in [1.165, 1.54) is 0 Å². The Morgan fingerprint density at radius 2 is 2.08 bits per heavy atom. The van der Waals surface area contributed by atoms with Gasteiger partial charge in [-0.2, -0.15) is 5.10 Å². The fourth-order valence-electron chi connectivity index (χ4n) is 2.88. The molecule has 0 aliphatic carbocycles. The van der Waals surface area contributed by atoms with Crippen molar-refractivity contribution in [3.63, 3.8) is 0 Å². The van der Waals surface area contributed by atoms with Gasteiger partial charge >= 0.3 is 0 Å². The molecule has 0 unspecified atom stereocenters. The summed E-state index contributed by atoms with van der Waals surface area (Å²) >= 11 is 0. The first kappa shape index (κ1) is 17.1. The molecule has 7 nitrogen and oxygen atoms in total. The number of hydrogen-bond acceptors (Lipinski definition) is 6. The molecule has 0 aromatic carbocycles. The lowest BCUT2D eigenvalue weighted by atomic mass is 9.94. The molecule has 1 aliphatic heterocycles. The van der Waals surface area contributed by atoms with E-state index < -0.39 is 0 Å². The number of rotatable bonds is 4. The van der Waals surface area contributed by atoms with Gasteiger partial charge in [-0.05, 0) is 13.8 Å². The third-order valence-electron chi connectivity index (χ3n) is 4.21. The summed E-state index contributed by atoms with van der Waals surface area (Å²) in [7, 11) is 0. The molecule has 0 amide bonds. The first-order chi connectivity index (χ1) is 11.3. The second-order valence-corrected chi connectivity index (χ2v) is 7.48. The summed E-state index contributed by atoms with van der Waals surface area (Å²) in [6.45, 7) is 14.1. The fraction of sp³-hybridized carbons (Fsp3) is 0.706. The van der Waals surface area contributed by atoms with Crippen LogP contribution < -0.4 is 0 Å². The van der Waals surface area contributed by atoms with E-state index in [0.717, 1.165) is 42.9 Å². The monoisotopic (exact) mass is 333 g/mol. The van der Waals surface area contributed by atoms with Crippen molar-refractivity contribution < 1.29 is 9.15 Å². The zero-order chi connectivity index (χ0) is 17.3. The van der Waals surface area contributed by atoms with Crippen LogP contribution in [-0.2, 0) is 23.2 Å². The maximum atomic E-state index is 5.91. The summed E-state index contributed by atoms with van der Waals surface area (Å²) in [5, 5.41) is 4.42. The maximum Gasteiger partial charge on any atom is 0.208 e. The van der Waals surface area contributed by atoms with Crippen LogP contribution in [0.4, 0.5) is 0 Å². The Morgan fingerprint density at radius 1 is 1.29 bits per heavy atom. The Morgan fingerprint density at radius 3 is 2.71 bits per heavy atom. The van der Waals surface area contributed by atoms with Gasteiger partial charge in [0.2, 0.25) is 5.89 Å². The Kier molecular flexibility index (Phi) is 4.73. The summed E-state index contributed by atoms with van der Waals surface area (Å²) in [5.41, 5.74) is -0.0126. The highest BCUT2D eigenvalue weighted by Gasteiger charge is 2.24. The maximum absolute atomic E-state index is 5.91. The van der Waals surface area contributed by atoms with Crippen LogP contribution in [0.15, 0.2) is 10.6 Å². The van der Waals surface area contributed by atoms with Crippen LogP contribution in [0.3, 0.4) is 0 Å². The van der Waals surface area contributed by atoms with E-state index >= 15 is 0 Å². The third-order valence-corrected chi connectivity index (χ3v) is 4.21. The van der Waals surface area contributed by atoms with Gasteiger partial charge in [0.05, 0.1) is 32.0 Å². The topological polar surface area (TPSA) is 69.2 Å². The highest BCUT2D eigenvalue weighted by Crippen LogP contribution is 2.23. The molecule has 1 aliphatic rings. The van der Waals surface area contributed by atoms with Crippen LogP contribution in [0.1, 0.15) is 44.1 Å². The quantitative estimate of drug-likeness (QED) is 0.853. The molecule has 0 saturated carbocycles. The third kappa shape index (κ3) is 4.02. The Balaban J connectivity index is 1.59. The second kappa shape index (κ2) is 6.64. The van der Waals surface area contributed by atoms with Crippen LogP contribution in [-0.4, -0.2) is 50.4 Å². The average molecular weight is 333 g/mol. The van der Waals surface area contributed by atoms with Crippen LogP contribution in [0.5, 0.6) is 0 Å². The van der Waals surface area contributed by atoms with E-state index in [0.29, 0.717) is 13.2 Å². The molecule has 0 radical (unpaired) electrons. The summed E-state index contributed by atoms with van der Waals surface area (Å²) in [6.07, 6.45) is 1.95. The van der Waals surface area contributed by atoms with E-state index in [1.54, 1.807) is 0 Å². The van der Waals surface area contributed by atoms with Crippen LogP contribution in [0, 0.1) is 13.8 Å². The van der Waals surface area contributed by atoms with Crippen LogP contribution in [0.25, 0.3) is 0 Å². The van der Waals surface area contributed by atoms with Crippen molar-refractivity contribution in [2.24, 2.45) is 0 Å². The van der Waals surface area contributed by atoms with Crippen molar-refractivity contribution >= 4 is 0 Å². The zero-order valence-electron chi connectivity index (χ0n) is 15.2. The van der Waals surface area contributed by atoms with Gasteiger partial charge in [-0.25, -0.2) is 14.6 Å². The smallest absolute Gasteiger partial charge is 0.208 e. The molecule has 2 aromatic rings. The fourth-order valence-corrected chi connectivity index (χ4v) is 2.88. The van der Waals surface area contributed by atoms with Gasteiger partial charge in [-0.3, -0.25) is 4.90 Å². The van der Waals surface area contributed by atoms with Gasteiger partial charge < -0.3 is 9.15 Å². The van der Waals surface area contributed by atoms with E-state index in [2.05, 4.69) is 40.7 Å². The van der Waals surface area contributed by atoms with Gasteiger partial charge in [-0.15, -0.1) is 0 Å². The Labute approximate surface area is 143 Å². The molecule has 0 N–H and O–H groups in total. The minimum absolute atomic E-state index is 0.0126. The lowest BCUT2D eigenvalue weighted by Crippen LogP contribution is -2.44. The number of ether oxygens (including phenoxy) is 1. The Bertz CT molecular complexity index is 685. The normalized spacial score (nSPS) is 19.8. The first-order valence-corrected chi connectivity index (χ1v) is 8.48. The van der Waals surface area contributed by atoms with Crippen molar-refractivity contribution in [2.75, 3.05) is 19.7 Å². The lowest BCUT2D eigenvalue weighted by molar-refractivity contribution is -0.0427. The van der Waals surface area contributed by atoms with Crippen molar-refractivity contribution in [3.05, 3.63) is 29.5 Å². The van der Waals surface area contributed by atoms with Crippen molar-refractivity contribution in [1.29, 1.82) is 0 Å². The lowest BCUT2D eigenvalue weighted by Gasteiger charge is -2.32. The number of aryl methyl sites for hydroxylation is 2. The molecule has 1 fully saturated rings. The number of aromatic nitrogens is 4. The molecule has 24 heavy (non-hydrogen) atoms. The molecule has 1 atom stereocenters. The van der Waals surface area contributed by atoms with E-state index in [4.69, 9.17) is 9.15 Å². The van der Waals surface area contributed by atoms with E-state index in [-0.39, 0.29) is 11.5 Å². The number of morpholine rings is 1. The number of nitrogens with zero attached hydrogens (tertiary/aromatic N) is 5. The van der Waals surface area contributed by atoms with Crippen LogP contribution in [0.2, 0.25) is 0 Å². The van der Waals surface area contributed by atoms with Gasteiger partial charge in [0.1, 0.15) is 17.4 Å². The van der Waals surface area contributed by atoms with Crippen molar-refractivity contribution in [2.45, 2.75) is 59.2 Å². The molecule has 132 valence electrons. The average Bonchev–Trinajstić information content (AvgIpc) is 3.06. The van der Waals surface area contributed by atoms with Crippen molar-refractivity contribution in [3.8, 4) is 0 Å². The van der Waals surface area contributed by atoms with Crippen molar-refractivity contribution in [1.82, 2.24) is 24.6 Å². The Hall–Kier alpha value is -1.73. The van der Waals surface area contributed by atoms with E-state index in [1.807, 2.05) is 24.7 Å². The summed E-state index contributed by atoms with van der Waals surface area (Å²) in [5.74, 6) is 3.43. The molecular formula is C17H27N5O2. The molecule has 7 heteroatoms. The van der Waals surface area contributed by atoms with Gasteiger partial charge in [0.15, 0.2) is 0 Å². The van der Waals surface area contributed by atoms with Gasteiger partial charge in [-0.1, -0.05) is 20.8 Å². The zero-order valence-corrected chi connectivity index (χ0v) is 15.2. The molecule has 0 bridgehead atoms. The standard InChI is InChI=1S/C17H27N5O2/c1-12-19-13(2)22(20-12)10-14-9-21(6-7-23-14)11-16-18-8-15(24-16)17(3,4)5/h8,14H,6-7,9-11H2,1-5H3/t14-/m1/s1. The molecule has 0 spiro atoms. The molecule has 2 aromatic heterocycles. The van der Waals surface area contributed by atoms with Gasteiger partial charge in [0.25, 0.3) is 0 Å². The molecule has 3 heterocycles. The predicted octanol–water partition coefficient (Wildman–Crippen LogP) is 2.08. The highest BCUT2D eigenvalue weighted by atomic mass is 16.5. The number of hydrogen-bond donors (Lipinski definition) is 0. The van der Waals surface area contributed by atoms with Crippen LogP contribution >= 0.6 is 0 Å². The van der Waals surface area contributed by atoms with Gasteiger partial charge in [0, 0.05) is 18.5 Å². The highest BCUT2D eigenvalue weighted by molar-refractivity contribution is 5.06. The SMILES string of the molecule is Cc1nc(C)n(C[C@H]2CN(Cc3ncc(C(C)(C)C)o3)CCO2)n1. The number of oxazole rings is 1. The first-order valence-electron chi connectivity index (χ1n) is 8.48. The molecule has 3 rings (SSSR count). The summed E-state index contributed by atoms with van der Waals surface area (Å²) in [4.78, 5) is 11.1. The van der Waals surface area contributed by atoms with E-state index in [9.17, 15) is 0 Å².